The van der Waals surface area contributed by atoms with E-state index in [-0.39, 0.29) is 16.5 Å². The number of aryl methyl sites for hydroxylation is 2. The Morgan fingerprint density at radius 3 is 2.62 bits per heavy atom. The first kappa shape index (κ1) is 16.3. The van der Waals surface area contributed by atoms with Crippen LogP contribution >= 0.6 is 0 Å². The van der Waals surface area contributed by atoms with E-state index in [9.17, 15) is 13.2 Å². The fraction of sp³-hybridized carbons (Fsp3) is 0.235. The summed E-state index contributed by atoms with van der Waals surface area (Å²) >= 11 is 0. The molecule has 126 valence electrons. The number of sulfonamides is 1. The van der Waals surface area contributed by atoms with Crippen molar-refractivity contribution in [3.05, 3.63) is 47.5 Å². The molecule has 0 saturated heterocycles. The molecule has 1 aliphatic rings. The zero-order valence-electron chi connectivity index (χ0n) is 13.6. The van der Waals surface area contributed by atoms with Gasteiger partial charge in [-0.2, -0.15) is 0 Å². The number of para-hydroxylation sites is 1. The molecule has 0 fully saturated rings. The van der Waals surface area contributed by atoms with Crippen molar-refractivity contribution in [1.29, 1.82) is 0 Å². The summed E-state index contributed by atoms with van der Waals surface area (Å²) in [5.74, 6) is 0.114. The highest BCUT2D eigenvalue weighted by molar-refractivity contribution is 7.92. The van der Waals surface area contributed by atoms with Crippen LogP contribution in [0.15, 0.2) is 41.3 Å². The minimum absolute atomic E-state index is 0.196. The fourth-order valence-corrected chi connectivity index (χ4v) is 3.91. The van der Waals surface area contributed by atoms with Gasteiger partial charge < -0.3 is 10.1 Å². The highest BCUT2D eigenvalue weighted by atomic mass is 32.2. The molecule has 0 radical (unpaired) electrons. The Morgan fingerprint density at radius 1 is 1.17 bits per heavy atom. The summed E-state index contributed by atoms with van der Waals surface area (Å²) < 4.78 is 33.4. The summed E-state index contributed by atoms with van der Waals surface area (Å²) in [4.78, 5) is 12.0. The van der Waals surface area contributed by atoms with Crippen molar-refractivity contribution < 1.29 is 17.9 Å². The van der Waals surface area contributed by atoms with Crippen molar-refractivity contribution in [3.63, 3.8) is 0 Å². The van der Waals surface area contributed by atoms with Gasteiger partial charge in [0, 0.05) is 0 Å². The largest absolute Gasteiger partial charge is 0.479 e. The summed E-state index contributed by atoms with van der Waals surface area (Å²) in [6, 6.07) is 10.1. The summed E-state index contributed by atoms with van der Waals surface area (Å²) in [5.41, 5.74) is 2.24. The van der Waals surface area contributed by atoms with Gasteiger partial charge in [0.15, 0.2) is 6.10 Å². The molecule has 7 heteroatoms. The van der Waals surface area contributed by atoms with Gasteiger partial charge in [-0.05, 0) is 44.5 Å². The number of nitrogens with one attached hydrogen (secondary N) is 2. The van der Waals surface area contributed by atoms with Crippen LogP contribution in [-0.2, 0) is 14.8 Å². The van der Waals surface area contributed by atoms with Gasteiger partial charge in [-0.3, -0.25) is 9.52 Å². The molecule has 0 bridgehead atoms. The molecule has 0 spiro atoms. The minimum atomic E-state index is -3.78. The van der Waals surface area contributed by atoms with Gasteiger partial charge in [-0.1, -0.05) is 23.8 Å². The Bertz CT molecular complexity index is 922. The smallest absolute Gasteiger partial charge is 0.265 e. The predicted molar refractivity (Wildman–Crippen MR) is 91.9 cm³/mol. The van der Waals surface area contributed by atoms with Crippen LogP contribution in [0, 0.1) is 13.8 Å². The maximum Gasteiger partial charge on any atom is 0.265 e. The maximum atomic E-state index is 12.7. The van der Waals surface area contributed by atoms with Gasteiger partial charge in [0.05, 0.1) is 10.6 Å². The van der Waals surface area contributed by atoms with Crippen LogP contribution in [0.25, 0.3) is 0 Å². The van der Waals surface area contributed by atoms with E-state index in [0.29, 0.717) is 17.0 Å². The summed E-state index contributed by atoms with van der Waals surface area (Å²) in [5, 5.41) is 2.69. The second-order valence-electron chi connectivity index (χ2n) is 5.80. The lowest BCUT2D eigenvalue weighted by Crippen LogP contribution is -2.34. The molecule has 1 atom stereocenters. The molecule has 1 unspecified atom stereocenters. The third kappa shape index (κ3) is 2.94. The van der Waals surface area contributed by atoms with Gasteiger partial charge >= 0.3 is 0 Å². The van der Waals surface area contributed by atoms with Gasteiger partial charge in [-0.15, -0.1) is 0 Å². The number of hydrogen-bond acceptors (Lipinski definition) is 4. The average Bonchev–Trinajstić information content (AvgIpc) is 2.48. The molecular formula is C17H18N2O4S. The number of fused-ring (bicyclic) bond motifs is 1. The molecule has 1 aliphatic heterocycles. The molecule has 24 heavy (non-hydrogen) atoms. The van der Waals surface area contributed by atoms with Crippen LogP contribution < -0.4 is 14.8 Å². The van der Waals surface area contributed by atoms with E-state index in [1.165, 1.54) is 0 Å². The molecule has 0 aliphatic carbocycles. The van der Waals surface area contributed by atoms with E-state index in [0.717, 1.165) is 5.56 Å². The van der Waals surface area contributed by atoms with Crippen molar-refractivity contribution >= 4 is 27.3 Å². The minimum Gasteiger partial charge on any atom is -0.479 e. The van der Waals surface area contributed by atoms with Crippen molar-refractivity contribution in [2.45, 2.75) is 31.8 Å². The zero-order chi connectivity index (χ0) is 17.5. The quantitative estimate of drug-likeness (QED) is 0.895. The highest BCUT2D eigenvalue weighted by Crippen LogP contribution is 2.37. The second kappa shape index (κ2) is 5.83. The lowest BCUT2D eigenvalue weighted by Gasteiger charge is -2.25. The van der Waals surface area contributed by atoms with Crippen LogP contribution in [0.5, 0.6) is 5.75 Å². The van der Waals surface area contributed by atoms with E-state index in [1.54, 1.807) is 44.2 Å². The number of benzene rings is 2. The lowest BCUT2D eigenvalue weighted by molar-refractivity contribution is -0.122. The standard InChI is InChI=1S/C17H18N2O4S/c1-10-7-8-15(11(2)9-10)24(21,22)19-13-5-4-6-14-16(13)18-17(20)12(3)23-14/h4-9,12,19H,1-3H3,(H,18,20). The van der Waals surface area contributed by atoms with Crippen LogP contribution in [0.2, 0.25) is 0 Å². The van der Waals surface area contributed by atoms with Gasteiger partial charge in [0.25, 0.3) is 15.9 Å². The molecule has 2 N–H and O–H groups in total. The molecule has 3 rings (SSSR count). The summed E-state index contributed by atoms with van der Waals surface area (Å²) in [6.45, 7) is 5.28. The Hall–Kier alpha value is -2.54. The van der Waals surface area contributed by atoms with E-state index in [1.807, 2.05) is 13.0 Å². The number of amides is 1. The van der Waals surface area contributed by atoms with E-state index in [2.05, 4.69) is 10.0 Å². The van der Waals surface area contributed by atoms with Gasteiger partial charge in [0.2, 0.25) is 0 Å². The molecule has 0 saturated carbocycles. The SMILES string of the molecule is Cc1ccc(S(=O)(=O)Nc2cccc3c2NC(=O)C(C)O3)c(C)c1. The van der Waals surface area contributed by atoms with Gasteiger partial charge in [-0.25, -0.2) is 8.42 Å². The number of anilines is 2. The van der Waals surface area contributed by atoms with E-state index >= 15 is 0 Å². The van der Waals surface area contributed by atoms with Crippen molar-refractivity contribution in [3.8, 4) is 5.75 Å². The summed E-state index contributed by atoms with van der Waals surface area (Å²) in [6.07, 6.45) is -0.622. The van der Waals surface area contributed by atoms with Crippen molar-refractivity contribution in [2.75, 3.05) is 10.0 Å². The third-order valence-corrected chi connectivity index (χ3v) is 5.34. The molecule has 2 aromatic rings. The normalized spacial score (nSPS) is 16.8. The maximum absolute atomic E-state index is 12.7. The fourth-order valence-electron chi connectivity index (χ4n) is 2.61. The number of carbonyl (C=O) groups excluding carboxylic acids is 1. The molecule has 1 heterocycles. The number of rotatable bonds is 3. The Morgan fingerprint density at radius 2 is 1.92 bits per heavy atom. The van der Waals surface area contributed by atoms with Crippen LogP contribution in [-0.4, -0.2) is 20.4 Å². The second-order valence-corrected chi connectivity index (χ2v) is 7.45. The first-order valence-corrected chi connectivity index (χ1v) is 8.97. The molecule has 0 aromatic heterocycles. The first-order chi connectivity index (χ1) is 11.3. The first-order valence-electron chi connectivity index (χ1n) is 7.48. The molecule has 1 amide bonds. The summed E-state index contributed by atoms with van der Waals surface area (Å²) in [7, 11) is -3.78. The average molecular weight is 346 g/mol. The molecular weight excluding hydrogens is 328 g/mol. The predicted octanol–water partition coefficient (Wildman–Crippen LogP) is 2.82. The van der Waals surface area contributed by atoms with Gasteiger partial charge in [0.1, 0.15) is 11.4 Å². The lowest BCUT2D eigenvalue weighted by atomic mass is 10.2. The number of carbonyl (C=O) groups is 1. The molecule has 2 aromatic carbocycles. The third-order valence-electron chi connectivity index (χ3n) is 3.81. The highest BCUT2D eigenvalue weighted by Gasteiger charge is 2.27. The molecule has 6 nitrogen and oxygen atoms in total. The van der Waals surface area contributed by atoms with Crippen LogP contribution in [0.1, 0.15) is 18.1 Å². The zero-order valence-corrected chi connectivity index (χ0v) is 14.4. The van der Waals surface area contributed by atoms with Crippen LogP contribution in [0.3, 0.4) is 0 Å². The topological polar surface area (TPSA) is 84.5 Å². The van der Waals surface area contributed by atoms with Crippen molar-refractivity contribution in [1.82, 2.24) is 0 Å². The number of hydrogen-bond donors (Lipinski definition) is 2. The van der Waals surface area contributed by atoms with E-state index in [4.69, 9.17) is 4.74 Å². The Balaban J connectivity index is 2.00. The van der Waals surface area contributed by atoms with Crippen LogP contribution in [0.4, 0.5) is 11.4 Å². The Kier molecular flexibility index (Phi) is 3.96. The monoisotopic (exact) mass is 346 g/mol. The number of ether oxygens (including phenoxy) is 1. The van der Waals surface area contributed by atoms with E-state index < -0.39 is 16.1 Å². The van der Waals surface area contributed by atoms with Crippen molar-refractivity contribution in [2.24, 2.45) is 0 Å². The Labute approximate surface area is 140 Å².